The van der Waals surface area contributed by atoms with Gasteiger partial charge in [0.1, 0.15) is 0 Å². The van der Waals surface area contributed by atoms with E-state index in [0.29, 0.717) is 5.78 Å². The first kappa shape index (κ1) is 13.1. The molecule has 0 spiro atoms. The Labute approximate surface area is 110 Å². The Bertz CT molecular complexity index is 403. The van der Waals surface area contributed by atoms with E-state index < -0.39 is 0 Å². The lowest BCUT2D eigenvalue weighted by atomic mass is 9.91. The molecule has 0 saturated heterocycles. The topological polar surface area (TPSA) is 20.3 Å². The monoisotopic (exact) mass is 245 g/mol. The number of rotatable bonds is 3. The SMILES string of the molecule is CN(C)c1cccc(C(=O)C2CCCCCC2)c1. The summed E-state index contributed by atoms with van der Waals surface area (Å²) in [7, 11) is 4.02. The third-order valence-corrected chi connectivity index (χ3v) is 3.87. The molecule has 18 heavy (non-hydrogen) atoms. The Hall–Kier alpha value is -1.31. The van der Waals surface area contributed by atoms with Crippen LogP contribution in [-0.4, -0.2) is 19.9 Å². The first-order valence-corrected chi connectivity index (χ1v) is 7.00. The second-order valence-electron chi connectivity index (χ2n) is 5.50. The molecule has 0 unspecified atom stereocenters. The number of anilines is 1. The van der Waals surface area contributed by atoms with Crippen molar-refractivity contribution in [2.75, 3.05) is 19.0 Å². The predicted octanol–water partition coefficient (Wildman–Crippen LogP) is 3.91. The van der Waals surface area contributed by atoms with Crippen molar-refractivity contribution in [1.29, 1.82) is 0 Å². The first-order valence-electron chi connectivity index (χ1n) is 7.00. The van der Waals surface area contributed by atoms with Gasteiger partial charge in [0.05, 0.1) is 0 Å². The zero-order chi connectivity index (χ0) is 13.0. The van der Waals surface area contributed by atoms with Gasteiger partial charge in [-0.15, -0.1) is 0 Å². The minimum atomic E-state index is 0.255. The summed E-state index contributed by atoms with van der Waals surface area (Å²) in [5.41, 5.74) is 1.99. The minimum Gasteiger partial charge on any atom is -0.378 e. The van der Waals surface area contributed by atoms with Gasteiger partial charge in [-0.25, -0.2) is 0 Å². The molecule has 1 aromatic carbocycles. The zero-order valence-electron chi connectivity index (χ0n) is 11.5. The molecular formula is C16H23NO. The van der Waals surface area contributed by atoms with Crippen molar-refractivity contribution < 1.29 is 4.79 Å². The van der Waals surface area contributed by atoms with Crippen LogP contribution in [0.25, 0.3) is 0 Å². The molecule has 0 radical (unpaired) electrons. The van der Waals surface area contributed by atoms with E-state index in [0.717, 1.165) is 24.1 Å². The standard InChI is InChI=1S/C16H23NO/c1-17(2)15-11-7-10-14(12-15)16(18)13-8-5-3-4-6-9-13/h7,10-13H,3-6,8-9H2,1-2H3. The van der Waals surface area contributed by atoms with Gasteiger partial charge in [-0.3, -0.25) is 4.79 Å². The van der Waals surface area contributed by atoms with Gasteiger partial charge in [-0.05, 0) is 25.0 Å². The lowest BCUT2D eigenvalue weighted by Crippen LogP contribution is -2.15. The smallest absolute Gasteiger partial charge is 0.166 e. The fraction of sp³-hybridized carbons (Fsp3) is 0.562. The fourth-order valence-electron chi connectivity index (χ4n) is 2.71. The number of carbonyl (C=O) groups is 1. The van der Waals surface area contributed by atoms with E-state index in [-0.39, 0.29) is 5.92 Å². The molecule has 0 N–H and O–H groups in total. The van der Waals surface area contributed by atoms with Crippen LogP contribution < -0.4 is 4.90 Å². The van der Waals surface area contributed by atoms with Crippen LogP contribution in [-0.2, 0) is 0 Å². The van der Waals surface area contributed by atoms with Gasteiger partial charge < -0.3 is 4.90 Å². The third kappa shape index (κ3) is 3.12. The van der Waals surface area contributed by atoms with Crippen molar-refractivity contribution in [2.24, 2.45) is 5.92 Å². The highest BCUT2D eigenvalue weighted by Gasteiger charge is 2.21. The van der Waals surface area contributed by atoms with Crippen LogP contribution in [0.5, 0.6) is 0 Å². The number of Topliss-reactive ketones (excluding diaryl/α,β-unsaturated/α-hetero) is 1. The second-order valence-corrected chi connectivity index (χ2v) is 5.50. The molecule has 0 aliphatic heterocycles. The van der Waals surface area contributed by atoms with Crippen LogP contribution >= 0.6 is 0 Å². The maximum Gasteiger partial charge on any atom is 0.166 e. The van der Waals surface area contributed by atoms with Gasteiger partial charge in [0.15, 0.2) is 5.78 Å². The van der Waals surface area contributed by atoms with Crippen molar-refractivity contribution in [3.8, 4) is 0 Å². The van der Waals surface area contributed by atoms with E-state index in [1.807, 2.05) is 43.3 Å². The number of benzene rings is 1. The molecule has 98 valence electrons. The Morgan fingerprint density at radius 1 is 1.11 bits per heavy atom. The largest absolute Gasteiger partial charge is 0.378 e. The summed E-state index contributed by atoms with van der Waals surface area (Å²) in [6.45, 7) is 0. The lowest BCUT2D eigenvalue weighted by molar-refractivity contribution is 0.0908. The Balaban J connectivity index is 2.14. The molecule has 1 aliphatic carbocycles. The maximum absolute atomic E-state index is 12.5. The highest BCUT2D eigenvalue weighted by Crippen LogP contribution is 2.27. The summed E-state index contributed by atoms with van der Waals surface area (Å²) in [6.07, 6.45) is 7.16. The number of hydrogen-bond acceptors (Lipinski definition) is 2. The van der Waals surface area contributed by atoms with E-state index in [9.17, 15) is 4.79 Å². The van der Waals surface area contributed by atoms with E-state index in [4.69, 9.17) is 0 Å². The summed E-state index contributed by atoms with van der Waals surface area (Å²) in [4.78, 5) is 14.6. The first-order chi connectivity index (χ1) is 8.68. The molecule has 1 fully saturated rings. The lowest BCUT2D eigenvalue weighted by Gasteiger charge is -2.16. The van der Waals surface area contributed by atoms with Gasteiger partial charge in [0, 0.05) is 31.3 Å². The van der Waals surface area contributed by atoms with Crippen molar-refractivity contribution in [2.45, 2.75) is 38.5 Å². The molecule has 1 aliphatic rings. The molecule has 2 rings (SSSR count). The summed E-state index contributed by atoms with van der Waals surface area (Å²) >= 11 is 0. The van der Waals surface area contributed by atoms with Crippen LogP contribution in [0.15, 0.2) is 24.3 Å². The Morgan fingerprint density at radius 2 is 1.78 bits per heavy atom. The van der Waals surface area contributed by atoms with E-state index in [1.165, 1.54) is 25.7 Å². The molecule has 0 aromatic heterocycles. The maximum atomic E-state index is 12.5. The van der Waals surface area contributed by atoms with Crippen molar-refractivity contribution >= 4 is 11.5 Å². The quantitative estimate of drug-likeness (QED) is 0.594. The highest BCUT2D eigenvalue weighted by atomic mass is 16.1. The molecule has 2 heteroatoms. The molecule has 0 atom stereocenters. The molecule has 1 saturated carbocycles. The molecule has 1 aromatic rings. The molecular weight excluding hydrogens is 222 g/mol. The molecule has 0 heterocycles. The van der Waals surface area contributed by atoms with Crippen LogP contribution in [0.1, 0.15) is 48.9 Å². The molecule has 0 amide bonds. The van der Waals surface area contributed by atoms with Crippen LogP contribution in [0.2, 0.25) is 0 Å². The Kier molecular flexibility index (Phi) is 4.40. The summed E-state index contributed by atoms with van der Waals surface area (Å²) in [6, 6.07) is 8.01. The second kappa shape index (κ2) is 6.03. The van der Waals surface area contributed by atoms with Crippen LogP contribution in [0.3, 0.4) is 0 Å². The van der Waals surface area contributed by atoms with Gasteiger partial charge in [0.25, 0.3) is 0 Å². The number of carbonyl (C=O) groups excluding carboxylic acids is 1. The van der Waals surface area contributed by atoms with Gasteiger partial charge in [0.2, 0.25) is 0 Å². The zero-order valence-corrected chi connectivity index (χ0v) is 11.5. The minimum absolute atomic E-state index is 0.255. The van der Waals surface area contributed by atoms with Crippen molar-refractivity contribution in [3.05, 3.63) is 29.8 Å². The van der Waals surface area contributed by atoms with E-state index >= 15 is 0 Å². The fourth-order valence-corrected chi connectivity index (χ4v) is 2.71. The number of hydrogen-bond donors (Lipinski definition) is 0. The van der Waals surface area contributed by atoms with Crippen molar-refractivity contribution in [1.82, 2.24) is 0 Å². The summed E-state index contributed by atoms with van der Waals surface area (Å²) < 4.78 is 0. The Morgan fingerprint density at radius 3 is 2.39 bits per heavy atom. The summed E-state index contributed by atoms with van der Waals surface area (Å²) in [5.74, 6) is 0.602. The number of nitrogens with zero attached hydrogens (tertiary/aromatic N) is 1. The summed E-state index contributed by atoms with van der Waals surface area (Å²) in [5, 5.41) is 0. The van der Waals surface area contributed by atoms with E-state index in [2.05, 4.69) is 0 Å². The van der Waals surface area contributed by atoms with Gasteiger partial charge in [-0.1, -0.05) is 37.8 Å². The number of ketones is 1. The van der Waals surface area contributed by atoms with E-state index in [1.54, 1.807) is 0 Å². The van der Waals surface area contributed by atoms with Crippen LogP contribution in [0, 0.1) is 5.92 Å². The predicted molar refractivity (Wildman–Crippen MR) is 76.3 cm³/mol. The molecule has 0 bridgehead atoms. The van der Waals surface area contributed by atoms with Gasteiger partial charge in [-0.2, -0.15) is 0 Å². The third-order valence-electron chi connectivity index (χ3n) is 3.87. The average Bonchev–Trinajstić information content (AvgIpc) is 2.67. The highest BCUT2D eigenvalue weighted by molar-refractivity contribution is 5.98. The van der Waals surface area contributed by atoms with Gasteiger partial charge >= 0.3 is 0 Å². The normalized spacial score (nSPS) is 17.2. The molecule has 2 nitrogen and oxygen atoms in total. The van der Waals surface area contributed by atoms with Crippen LogP contribution in [0.4, 0.5) is 5.69 Å². The average molecular weight is 245 g/mol. The van der Waals surface area contributed by atoms with Crippen molar-refractivity contribution in [3.63, 3.8) is 0 Å².